The minimum absolute atomic E-state index is 0.0836. The molecule has 1 aromatic rings. The van der Waals surface area contributed by atoms with Crippen LogP contribution in [0.4, 0.5) is 0 Å². The summed E-state index contributed by atoms with van der Waals surface area (Å²) in [6.07, 6.45) is 0.0193. The van der Waals surface area contributed by atoms with E-state index in [-0.39, 0.29) is 24.8 Å². The number of imide groups is 1. The van der Waals surface area contributed by atoms with Gasteiger partial charge in [0, 0.05) is 10.9 Å². The Bertz CT molecular complexity index is 528. The predicted molar refractivity (Wildman–Crippen MR) is 79.1 cm³/mol. The van der Waals surface area contributed by atoms with Crippen molar-refractivity contribution in [3.05, 3.63) is 34.3 Å². The van der Waals surface area contributed by atoms with Gasteiger partial charge in [-0.15, -0.1) is 0 Å². The summed E-state index contributed by atoms with van der Waals surface area (Å²) >= 11 is 3.36. The third-order valence-corrected chi connectivity index (χ3v) is 4.40. The van der Waals surface area contributed by atoms with E-state index in [0.717, 1.165) is 10.0 Å². The van der Waals surface area contributed by atoms with Crippen LogP contribution in [0.25, 0.3) is 0 Å². The van der Waals surface area contributed by atoms with Gasteiger partial charge in [0.25, 0.3) is 0 Å². The second kappa shape index (κ2) is 5.66. The van der Waals surface area contributed by atoms with E-state index in [1.807, 2.05) is 31.2 Å². The SMILES string of the molecule is CC[C@H](O)CN1C(=O)C[C@](C)(c2ccc(Br)cc2)C1=O. The molecule has 1 aliphatic rings. The molecule has 1 fully saturated rings. The van der Waals surface area contributed by atoms with E-state index in [4.69, 9.17) is 0 Å². The van der Waals surface area contributed by atoms with Crippen LogP contribution in [0.3, 0.4) is 0 Å². The summed E-state index contributed by atoms with van der Waals surface area (Å²) in [5.41, 5.74) is -0.00171. The van der Waals surface area contributed by atoms with Crippen LogP contribution >= 0.6 is 15.9 Å². The maximum absolute atomic E-state index is 12.6. The summed E-state index contributed by atoms with van der Waals surface area (Å²) < 4.78 is 0.930. The van der Waals surface area contributed by atoms with E-state index in [1.54, 1.807) is 6.92 Å². The number of β-amino-alcohol motifs (C(OH)–C–C–N with tert-alkyl or cyclic N) is 1. The third kappa shape index (κ3) is 2.65. The molecule has 1 heterocycles. The molecule has 2 rings (SSSR count). The van der Waals surface area contributed by atoms with Crippen LogP contribution in [0.15, 0.2) is 28.7 Å². The van der Waals surface area contributed by atoms with Gasteiger partial charge in [0.15, 0.2) is 0 Å². The Hall–Kier alpha value is -1.20. The van der Waals surface area contributed by atoms with Crippen molar-refractivity contribution in [2.75, 3.05) is 6.54 Å². The molecule has 0 radical (unpaired) electrons. The largest absolute Gasteiger partial charge is 0.391 e. The molecule has 0 saturated carbocycles. The number of hydrogen-bond donors (Lipinski definition) is 1. The quantitative estimate of drug-likeness (QED) is 0.856. The van der Waals surface area contributed by atoms with Gasteiger partial charge in [0.1, 0.15) is 0 Å². The maximum atomic E-state index is 12.6. The zero-order valence-electron chi connectivity index (χ0n) is 11.6. The van der Waals surface area contributed by atoms with Crippen LogP contribution in [0, 0.1) is 0 Å². The van der Waals surface area contributed by atoms with Gasteiger partial charge in [0.05, 0.1) is 18.1 Å². The van der Waals surface area contributed by atoms with Crippen LogP contribution < -0.4 is 0 Å². The number of aliphatic hydroxyl groups excluding tert-OH is 1. The predicted octanol–water partition coefficient (Wildman–Crippen LogP) is 2.24. The van der Waals surface area contributed by atoms with E-state index in [9.17, 15) is 14.7 Å². The normalized spacial score (nSPS) is 24.3. The summed E-state index contributed by atoms with van der Waals surface area (Å²) in [6.45, 7) is 3.69. The Morgan fingerprint density at radius 1 is 1.35 bits per heavy atom. The Morgan fingerprint density at radius 3 is 2.50 bits per heavy atom. The highest BCUT2D eigenvalue weighted by molar-refractivity contribution is 9.10. The van der Waals surface area contributed by atoms with Gasteiger partial charge in [-0.25, -0.2) is 0 Å². The fourth-order valence-corrected chi connectivity index (χ4v) is 2.72. The summed E-state index contributed by atoms with van der Waals surface area (Å²) in [4.78, 5) is 25.8. The molecular weight excluding hydrogens is 322 g/mol. The lowest BCUT2D eigenvalue weighted by molar-refractivity contribution is -0.141. The van der Waals surface area contributed by atoms with Crippen LogP contribution in [0.2, 0.25) is 0 Å². The Balaban J connectivity index is 2.28. The van der Waals surface area contributed by atoms with Gasteiger partial charge in [-0.3, -0.25) is 14.5 Å². The molecule has 0 spiro atoms. The van der Waals surface area contributed by atoms with Crippen LogP contribution in [-0.4, -0.2) is 34.5 Å². The van der Waals surface area contributed by atoms with Crippen molar-refractivity contribution in [3.8, 4) is 0 Å². The van der Waals surface area contributed by atoms with E-state index < -0.39 is 11.5 Å². The first-order valence-corrected chi connectivity index (χ1v) is 7.46. The summed E-state index contributed by atoms with van der Waals surface area (Å²) in [6, 6.07) is 7.44. The van der Waals surface area contributed by atoms with E-state index in [2.05, 4.69) is 15.9 Å². The topological polar surface area (TPSA) is 57.6 Å². The van der Waals surface area contributed by atoms with Crippen LogP contribution in [0.1, 0.15) is 32.3 Å². The third-order valence-electron chi connectivity index (χ3n) is 3.87. The summed E-state index contributed by atoms with van der Waals surface area (Å²) in [5.74, 6) is -0.440. The van der Waals surface area contributed by atoms with Crippen molar-refractivity contribution in [1.29, 1.82) is 0 Å². The lowest BCUT2D eigenvalue weighted by atomic mass is 9.81. The molecule has 0 bridgehead atoms. The van der Waals surface area contributed by atoms with E-state index in [0.29, 0.717) is 6.42 Å². The fourth-order valence-electron chi connectivity index (χ4n) is 2.45. The second-order valence-electron chi connectivity index (χ2n) is 5.39. The first kappa shape index (κ1) is 15.2. The van der Waals surface area contributed by atoms with Crippen LogP contribution in [-0.2, 0) is 15.0 Å². The van der Waals surface area contributed by atoms with Gasteiger partial charge in [-0.1, -0.05) is 35.0 Å². The standard InChI is InChI=1S/C15H18BrNO3/c1-3-12(18)9-17-13(19)8-15(2,14(17)20)10-4-6-11(16)7-5-10/h4-7,12,18H,3,8-9H2,1-2H3/t12-,15+/m0/s1. The average molecular weight is 340 g/mol. The smallest absolute Gasteiger partial charge is 0.240 e. The Kier molecular flexibility index (Phi) is 4.30. The van der Waals surface area contributed by atoms with E-state index >= 15 is 0 Å². The lowest BCUT2D eigenvalue weighted by Crippen LogP contribution is -2.40. The molecule has 1 aliphatic heterocycles. The maximum Gasteiger partial charge on any atom is 0.240 e. The number of amides is 2. The number of carbonyl (C=O) groups excluding carboxylic acids is 2. The lowest BCUT2D eigenvalue weighted by Gasteiger charge is -2.23. The highest BCUT2D eigenvalue weighted by Gasteiger charge is 2.49. The fraction of sp³-hybridized carbons (Fsp3) is 0.467. The highest BCUT2D eigenvalue weighted by atomic mass is 79.9. The van der Waals surface area contributed by atoms with Crippen LogP contribution in [0.5, 0.6) is 0 Å². The zero-order chi connectivity index (χ0) is 14.9. The minimum Gasteiger partial charge on any atom is -0.391 e. The summed E-state index contributed by atoms with van der Waals surface area (Å²) in [7, 11) is 0. The molecule has 1 N–H and O–H groups in total. The molecule has 2 amide bonds. The number of aliphatic hydroxyl groups is 1. The number of nitrogens with zero attached hydrogens (tertiary/aromatic N) is 1. The first-order chi connectivity index (χ1) is 9.38. The molecule has 20 heavy (non-hydrogen) atoms. The number of carbonyl (C=O) groups is 2. The van der Waals surface area contributed by atoms with E-state index in [1.165, 1.54) is 4.90 Å². The molecule has 0 aliphatic carbocycles. The first-order valence-electron chi connectivity index (χ1n) is 6.67. The molecule has 2 atom stereocenters. The average Bonchev–Trinajstić information content (AvgIpc) is 2.64. The second-order valence-corrected chi connectivity index (χ2v) is 6.30. The van der Waals surface area contributed by atoms with Crippen molar-refractivity contribution in [2.24, 2.45) is 0 Å². The molecular formula is C15H18BrNO3. The monoisotopic (exact) mass is 339 g/mol. The molecule has 108 valence electrons. The number of hydrogen-bond acceptors (Lipinski definition) is 3. The van der Waals surface area contributed by atoms with Gasteiger partial charge < -0.3 is 5.11 Å². The molecule has 0 unspecified atom stereocenters. The molecule has 4 nitrogen and oxygen atoms in total. The van der Waals surface area contributed by atoms with Gasteiger partial charge in [-0.05, 0) is 31.0 Å². The van der Waals surface area contributed by atoms with Crippen molar-refractivity contribution in [3.63, 3.8) is 0 Å². The van der Waals surface area contributed by atoms with Gasteiger partial charge >= 0.3 is 0 Å². The number of benzene rings is 1. The van der Waals surface area contributed by atoms with Crippen molar-refractivity contribution < 1.29 is 14.7 Å². The zero-order valence-corrected chi connectivity index (χ0v) is 13.2. The minimum atomic E-state index is -0.828. The Morgan fingerprint density at radius 2 is 1.95 bits per heavy atom. The van der Waals surface area contributed by atoms with Gasteiger partial charge in [-0.2, -0.15) is 0 Å². The van der Waals surface area contributed by atoms with Gasteiger partial charge in [0.2, 0.25) is 11.8 Å². The summed E-state index contributed by atoms with van der Waals surface area (Å²) in [5, 5.41) is 9.68. The number of halogens is 1. The molecule has 0 aromatic heterocycles. The molecule has 1 aromatic carbocycles. The highest BCUT2D eigenvalue weighted by Crippen LogP contribution is 2.36. The number of rotatable bonds is 4. The molecule has 1 saturated heterocycles. The van der Waals surface area contributed by atoms with Crippen molar-refractivity contribution in [1.82, 2.24) is 4.90 Å². The van der Waals surface area contributed by atoms with Crippen molar-refractivity contribution >= 4 is 27.7 Å². The molecule has 5 heteroatoms. The number of likely N-dealkylation sites (tertiary alicyclic amines) is 1. The Labute approximate surface area is 126 Å². The van der Waals surface area contributed by atoms with Crippen molar-refractivity contribution in [2.45, 2.75) is 38.2 Å².